The van der Waals surface area contributed by atoms with E-state index in [-0.39, 0.29) is 17.7 Å². The molecule has 5 rings (SSSR count). The molecule has 5 nitrogen and oxygen atoms in total. The van der Waals surface area contributed by atoms with Crippen molar-refractivity contribution in [2.75, 3.05) is 25.5 Å². The van der Waals surface area contributed by atoms with Crippen LogP contribution in [0.25, 0.3) is 5.57 Å². The first kappa shape index (κ1) is 21.3. The van der Waals surface area contributed by atoms with Gasteiger partial charge in [0.15, 0.2) is 0 Å². The van der Waals surface area contributed by atoms with Gasteiger partial charge in [0.2, 0.25) is 0 Å². The number of aromatic hydroxyl groups is 1. The van der Waals surface area contributed by atoms with Crippen LogP contribution in [0.2, 0.25) is 0 Å². The number of hydrogen-bond acceptors (Lipinski definition) is 4. The highest BCUT2D eigenvalue weighted by atomic mass is 16.3. The molecule has 3 aromatic rings. The van der Waals surface area contributed by atoms with Crippen molar-refractivity contribution in [2.24, 2.45) is 0 Å². The van der Waals surface area contributed by atoms with Gasteiger partial charge in [-0.25, -0.2) is 0 Å². The van der Waals surface area contributed by atoms with Crippen molar-refractivity contribution in [1.82, 2.24) is 9.80 Å². The highest BCUT2D eigenvalue weighted by molar-refractivity contribution is 6.25. The second kappa shape index (κ2) is 9.12. The van der Waals surface area contributed by atoms with Crippen LogP contribution in [0.3, 0.4) is 0 Å². The second-order valence-electron chi connectivity index (χ2n) is 8.93. The van der Waals surface area contributed by atoms with Crippen LogP contribution in [0.4, 0.5) is 5.69 Å². The zero-order valence-electron chi connectivity index (χ0n) is 18.9. The first-order chi connectivity index (χ1) is 16.1. The monoisotopic (exact) mass is 439 g/mol. The van der Waals surface area contributed by atoms with Crippen molar-refractivity contribution in [3.8, 4) is 5.75 Å². The van der Waals surface area contributed by atoms with Crippen molar-refractivity contribution in [2.45, 2.75) is 25.4 Å². The van der Waals surface area contributed by atoms with Crippen LogP contribution in [0.1, 0.15) is 41.1 Å². The fourth-order valence-electron chi connectivity index (χ4n) is 4.91. The Labute approximate surface area is 195 Å². The first-order valence-electron chi connectivity index (χ1n) is 11.5. The molecule has 0 radical (unpaired) electrons. The highest BCUT2D eigenvalue weighted by Gasteiger charge is 2.30. The second-order valence-corrected chi connectivity index (χ2v) is 8.93. The molecule has 2 aliphatic rings. The van der Waals surface area contributed by atoms with E-state index < -0.39 is 0 Å². The van der Waals surface area contributed by atoms with E-state index in [1.165, 1.54) is 31.5 Å². The van der Waals surface area contributed by atoms with Crippen LogP contribution in [0.15, 0.2) is 79.0 Å². The number of likely N-dealkylation sites (tertiary alicyclic amines) is 1. The third-order valence-electron chi connectivity index (χ3n) is 6.54. The van der Waals surface area contributed by atoms with E-state index in [2.05, 4.69) is 39.4 Å². The predicted molar refractivity (Wildman–Crippen MR) is 132 cm³/mol. The summed E-state index contributed by atoms with van der Waals surface area (Å²) in [4.78, 5) is 17.7. The summed E-state index contributed by atoms with van der Waals surface area (Å²) in [5.41, 5.74) is 5.54. The lowest BCUT2D eigenvalue weighted by atomic mass is 9.86. The van der Waals surface area contributed by atoms with Crippen LogP contribution in [0, 0.1) is 0 Å². The zero-order chi connectivity index (χ0) is 22.8. The number of nitrogens with one attached hydrogen (secondary N) is 1. The van der Waals surface area contributed by atoms with Crippen molar-refractivity contribution in [1.29, 1.82) is 0 Å². The topological polar surface area (TPSA) is 55.8 Å². The molecule has 2 aliphatic heterocycles. The molecular weight excluding hydrogens is 410 g/mol. The predicted octanol–water partition coefficient (Wildman–Crippen LogP) is 5.00. The normalized spacial score (nSPS) is 18.0. The molecule has 0 aromatic heterocycles. The number of phenolic OH excluding ortho intramolecular Hbond substituents is 1. The minimum absolute atomic E-state index is 0.0822. The maximum atomic E-state index is 13.1. The molecule has 0 saturated carbocycles. The minimum atomic E-state index is -0.167. The Morgan fingerprint density at radius 1 is 1.00 bits per heavy atom. The summed E-state index contributed by atoms with van der Waals surface area (Å²) in [6, 6.07) is 23.4. The molecule has 1 amide bonds. The minimum Gasteiger partial charge on any atom is -0.508 e. The molecule has 0 spiro atoms. The summed E-state index contributed by atoms with van der Waals surface area (Å²) >= 11 is 0. The van der Waals surface area contributed by atoms with E-state index in [0.29, 0.717) is 5.57 Å². The van der Waals surface area contributed by atoms with Gasteiger partial charge in [-0.05, 0) is 72.5 Å². The van der Waals surface area contributed by atoms with E-state index in [1.807, 2.05) is 49.6 Å². The average Bonchev–Trinajstić information content (AvgIpc) is 3.33. The van der Waals surface area contributed by atoms with Crippen molar-refractivity contribution in [3.63, 3.8) is 0 Å². The van der Waals surface area contributed by atoms with E-state index >= 15 is 0 Å². The van der Waals surface area contributed by atoms with Gasteiger partial charge in [0.25, 0.3) is 5.91 Å². The SMILES string of the molecule is CN1C=C(C(=O)Nc2ccccc2)c2ccc(O)cc2C1c1ccc(CN2CCCC2)cc1. The Balaban J connectivity index is 1.44. The number of carbonyl (C=O) groups is 1. The van der Waals surface area contributed by atoms with Gasteiger partial charge >= 0.3 is 0 Å². The molecule has 5 heteroatoms. The fraction of sp³-hybridized carbons (Fsp3) is 0.250. The average molecular weight is 440 g/mol. The third-order valence-corrected chi connectivity index (χ3v) is 6.54. The third kappa shape index (κ3) is 4.50. The van der Waals surface area contributed by atoms with Gasteiger partial charge in [-0.1, -0.05) is 48.5 Å². The number of amides is 1. The Bertz CT molecular complexity index is 1170. The maximum absolute atomic E-state index is 13.1. The molecular formula is C28H29N3O2. The van der Waals surface area contributed by atoms with E-state index in [0.717, 1.165) is 28.9 Å². The summed E-state index contributed by atoms with van der Waals surface area (Å²) in [7, 11) is 1.98. The summed E-state index contributed by atoms with van der Waals surface area (Å²) < 4.78 is 0. The molecule has 3 aromatic carbocycles. The van der Waals surface area contributed by atoms with Crippen molar-refractivity contribution < 1.29 is 9.90 Å². The number of para-hydroxylation sites is 1. The molecule has 1 saturated heterocycles. The lowest BCUT2D eigenvalue weighted by molar-refractivity contribution is -0.111. The molecule has 33 heavy (non-hydrogen) atoms. The molecule has 0 bridgehead atoms. The largest absolute Gasteiger partial charge is 0.508 e. The standard InChI is InChI=1S/C28H29N3O2/c1-30-19-26(28(33)29-22-7-3-2-4-8-22)24-14-13-23(32)17-25(24)27(30)21-11-9-20(10-12-21)18-31-15-5-6-16-31/h2-4,7-14,17,19,27,32H,5-6,15-16,18H2,1H3,(H,29,33). The quantitative estimate of drug-likeness (QED) is 0.587. The number of phenols is 1. The Morgan fingerprint density at radius 3 is 2.45 bits per heavy atom. The van der Waals surface area contributed by atoms with Crippen LogP contribution in [0.5, 0.6) is 5.75 Å². The van der Waals surface area contributed by atoms with E-state index in [9.17, 15) is 9.90 Å². The van der Waals surface area contributed by atoms with Gasteiger partial charge in [-0.2, -0.15) is 0 Å². The van der Waals surface area contributed by atoms with Crippen LogP contribution in [-0.4, -0.2) is 41.0 Å². The molecule has 0 aliphatic carbocycles. The van der Waals surface area contributed by atoms with Gasteiger partial charge in [0.05, 0.1) is 11.6 Å². The number of nitrogens with zero attached hydrogens (tertiary/aromatic N) is 2. The van der Waals surface area contributed by atoms with Gasteiger partial charge in [-0.3, -0.25) is 9.69 Å². The smallest absolute Gasteiger partial charge is 0.257 e. The summed E-state index contributed by atoms with van der Waals surface area (Å²) in [5, 5.41) is 13.2. The molecule has 168 valence electrons. The molecule has 1 atom stereocenters. The first-order valence-corrected chi connectivity index (χ1v) is 11.5. The lowest BCUT2D eigenvalue weighted by Gasteiger charge is -2.34. The Hall–Kier alpha value is -3.57. The zero-order valence-corrected chi connectivity index (χ0v) is 18.9. The van der Waals surface area contributed by atoms with Crippen molar-refractivity contribution in [3.05, 3.63) is 101 Å². The summed E-state index contributed by atoms with van der Waals surface area (Å²) in [6.07, 6.45) is 4.48. The fourth-order valence-corrected chi connectivity index (χ4v) is 4.91. The summed E-state index contributed by atoms with van der Waals surface area (Å²) in [6.45, 7) is 3.35. The van der Waals surface area contributed by atoms with Crippen LogP contribution in [-0.2, 0) is 11.3 Å². The summed E-state index contributed by atoms with van der Waals surface area (Å²) in [5.74, 6) is 0.0296. The number of fused-ring (bicyclic) bond motifs is 1. The molecule has 1 unspecified atom stereocenters. The van der Waals surface area contributed by atoms with Gasteiger partial charge in [0, 0.05) is 25.5 Å². The number of anilines is 1. The number of rotatable bonds is 5. The van der Waals surface area contributed by atoms with E-state index in [1.54, 1.807) is 12.1 Å². The van der Waals surface area contributed by atoms with E-state index in [4.69, 9.17) is 0 Å². The number of benzene rings is 3. The Morgan fingerprint density at radius 2 is 1.73 bits per heavy atom. The van der Waals surface area contributed by atoms with Gasteiger partial charge in [-0.15, -0.1) is 0 Å². The number of carbonyl (C=O) groups excluding carboxylic acids is 1. The highest BCUT2D eigenvalue weighted by Crippen LogP contribution is 2.40. The van der Waals surface area contributed by atoms with Crippen molar-refractivity contribution >= 4 is 17.2 Å². The molecule has 1 fully saturated rings. The molecule has 2 N–H and O–H groups in total. The van der Waals surface area contributed by atoms with Gasteiger partial charge < -0.3 is 15.3 Å². The van der Waals surface area contributed by atoms with Gasteiger partial charge in [0.1, 0.15) is 5.75 Å². The lowest BCUT2D eigenvalue weighted by Crippen LogP contribution is -2.28. The maximum Gasteiger partial charge on any atom is 0.257 e. The van der Waals surface area contributed by atoms with Crippen LogP contribution < -0.4 is 5.32 Å². The number of hydrogen-bond donors (Lipinski definition) is 2. The van der Waals surface area contributed by atoms with Crippen LogP contribution >= 0.6 is 0 Å². The molecule has 2 heterocycles. The Kier molecular flexibility index (Phi) is 5.88.